The van der Waals surface area contributed by atoms with E-state index in [1.54, 1.807) is 86.0 Å². The Morgan fingerprint density at radius 2 is 1.65 bits per heavy atom. The maximum atomic E-state index is 12.8. The van der Waals surface area contributed by atoms with Crippen LogP contribution >= 0.6 is 0 Å². The van der Waals surface area contributed by atoms with Gasteiger partial charge in [0.05, 0.1) is 18.4 Å². The van der Waals surface area contributed by atoms with Crippen LogP contribution in [0.5, 0.6) is 5.75 Å². The Balaban J connectivity index is 1.38. The van der Waals surface area contributed by atoms with Crippen LogP contribution in [0.3, 0.4) is 0 Å². The average molecular weight is 456 g/mol. The third-order valence-electron chi connectivity index (χ3n) is 5.27. The Morgan fingerprint density at radius 1 is 0.882 bits per heavy atom. The van der Waals surface area contributed by atoms with Crippen LogP contribution in [0.15, 0.2) is 78.9 Å². The highest BCUT2D eigenvalue weighted by atomic mass is 16.5. The van der Waals surface area contributed by atoms with Gasteiger partial charge in [-0.25, -0.2) is 0 Å². The summed E-state index contributed by atoms with van der Waals surface area (Å²) < 4.78 is 5.18. The molecule has 1 saturated carbocycles. The highest BCUT2D eigenvalue weighted by Crippen LogP contribution is 2.21. The summed E-state index contributed by atoms with van der Waals surface area (Å²) in [7, 11) is 1.56. The summed E-state index contributed by atoms with van der Waals surface area (Å²) in [5.41, 5.74) is 2.68. The predicted octanol–water partition coefficient (Wildman–Crippen LogP) is 4.49. The minimum absolute atomic E-state index is 0.0837. The molecule has 0 atom stereocenters. The SMILES string of the molecule is COc1cccc(NC(=O)c2ccccc2NC(=O)/C=C/c2ccc(C(=O)NC3CC3)cc2)c1. The molecule has 1 aliphatic rings. The molecule has 0 aromatic heterocycles. The van der Waals surface area contributed by atoms with Gasteiger partial charge in [0, 0.05) is 29.4 Å². The van der Waals surface area contributed by atoms with Crippen molar-refractivity contribution < 1.29 is 19.1 Å². The summed E-state index contributed by atoms with van der Waals surface area (Å²) in [6, 6.07) is 21.1. The zero-order valence-electron chi connectivity index (χ0n) is 18.7. The van der Waals surface area contributed by atoms with Crippen LogP contribution in [-0.2, 0) is 4.79 Å². The molecule has 3 N–H and O–H groups in total. The van der Waals surface area contributed by atoms with E-state index < -0.39 is 0 Å². The maximum absolute atomic E-state index is 12.8. The molecule has 3 aromatic rings. The van der Waals surface area contributed by atoms with Crippen molar-refractivity contribution in [3.63, 3.8) is 0 Å². The fraction of sp³-hybridized carbons (Fsp3) is 0.148. The van der Waals surface area contributed by atoms with E-state index in [1.165, 1.54) is 6.08 Å². The molecule has 0 unspecified atom stereocenters. The summed E-state index contributed by atoms with van der Waals surface area (Å²) in [4.78, 5) is 37.4. The van der Waals surface area contributed by atoms with Gasteiger partial charge in [-0.05, 0) is 60.9 Å². The summed E-state index contributed by atoms with van der Waals surface area (Å²) in [6.45, 7) is 0. The van der Waals surface area contributed by atoms with Gasteiger partial charge in [-0.1, -0.05) is 30.3 Å². The van der Waals surface area contributed by atoms with Crippen molar-refractivity contribution in [2.75, 3.05) is 17.7 Å². The molecule has 0 heterocycles. The van der Waals surface area contributed by atoms with Gasteiger partial charge in [-0.3, -0.25) is 14.4 Å². The van der Waals surface area contributed by atoms with Crippen molar-refractivity contribution in [3.05, 3.63) is 95.6 Å². The van der Waals surface area contributed by atoms with E-state index in [9.17, 15) is 14.4 Å². The Labute approximate surface area is 197 Å². The number of anilines is 2. The number of amides is 3. The van der Waals surface area contributed by atoms with Crippen LogP contribution in [0.4, 0.5) is 11.4 Å². The van der Waals surface area contributed by atoms with Gasteiger partial charge < -0.3 is 20.7 Å². The molecule has 3 amide bonds. The van der Waals surface area contributed by atoms with E-state index in [1.807, 2.05) is 0 Å². The van der Waals surface area contributed by atoms with Crippen molar-refractivity contribution in [2.24, 2.45) is 0 Å². The van der Waals surface area contributed by atoms with Gasteiger partial charge in [-0.15, -0.1) is 0 Å². The third kappa shape index (κ3) is 6.10. The van der Waals surface area contributed by atoms with Crippen molar-refractivity contribution in [1.29, 1.82) is 0 Å². The lowest BCUT2D eigenvalue weighted by molar-refractivity contribution is -0.111. The predicted molar refractivity (Wildman–Crippen MR) is 132 cm³/mol. The maximum Gasteiger partial charge on any atom is 0.257 e. The molecule has 1 aliphatic carbocycles. The quantitative estimate of drug-likeness (QED) is 0.436. The summed E-state index contributed by atoms with van der Waals surface area (Å²) in [5, 5.41) is 8.51. The largest absolute Gasteiger partial charge is 0.497 e. The lowest BCUT2D eigenvalue weighted by atomic mass is 10.1. The number of para-hydroxylation sites is 1. The van der Waals surface area contributed by atoms with Crippen molar-refractivity contribution >= 4 is 35.2 Å². The van der Waals surface area contributed by atoms with E-state index >= 15 is 0 Å². The number of benzene rings is 3. The Morgan fingerprint density at radius 3 is 2.38 bits per heavy atom. The number of nitrogens with one attached hydrogen (secondary N) is 3. The molecule has 0 radical (unpaired) electrons. The molecule has 4 rings (SSSR count). The zero-order valence-corrected chi connectivity index (χ0v) is 18.7. The van der Waals surface area contributed by atoms with Gasteiger partial charge in [0.1, 0.15) is 5.75 Å². The van der Waals surface area contributed by atoms with Crippen LogP contribution in [-0.4, -0.2) is 30.9 Å². The van der Waals surface area contributed by atoms with Gasteiger partial charge in [0.25, 0.3) is 11.8 Å². The number of rotatable bonds is 8. The van der Waals surface area contributed by atoms with Gasteiger partial charge in [0.15, 0.2) is 0 Å². The first-order chi connectivity index (χ1) is 16.5. The van der Waals surface area contributed by atoms with Crippen LogP contribution < -0.4 is 20.7 Å². The molecular formula is C27H25N3O4. The number of methoxy groups -OCH3 is 1. The zero-order chi connectivity index (χ0) is 23.9. The van der Waals surface area contributed by atoms with Crippen LogP contribution in [0.1, 0.15) is 39.1 Å². The minimum Gasteiger partial charge on any atom is -0.497 e. The molecule has 7 heteroatoms. The lowest BCUT2D eigenvalue weighted by Crippen LogP contribution is -2.25. The van der Waals surface area contributed by atoms with E-state index in [0.29, 0.717) is 34.3 Å². The molecular weight excluding hydrogens is 430 g/mol. The topological polar surface area (TPSA) is 96.5 Å². The van der Waals surface area contributed by atoms with E-state index in [0.717, 1.165) is 18.4 Å². The Bertz CT molecular complexity index is 1230. The first kappa shape index (κ1) is 22.8. The molecule has 7 nitrogen and oxygen atoms in total. The summed E-state index contributed by atoms with van der Waals surface area (Å²) in [5.74, 6) is -0.189. The fourth-order valence-electron chi connectivity index (χ4n) is 3.28. The molecule has 0 saturated heterocycles. The fourth-order valence-corrected chi connectivity index (χ4v) is 3.28. The number of hydrogen-bond donors (Lipinski definition) is 3. The molecule has 1 fully saturated rings. The van der Waals surface area contributed by atoms with Gasteiger partial charge >= 0.3 is 0 Å². The van der Waals surface area contributed by atoms with Crippen molar-refractivity contribution in [3.8, 4) is 5.75 Å². The average Bonchev–Trinajstić information content (AvgIpc) is 3.67. The monoisotopic (exact) mass is 455 g/mol. The number of ether oxygens (including phenoxy) is 1. The smallest absolute Gasteiger partial charge is 0.257 e. The Kier molecular flexibility index (Phi) is 7.03. The molecule has 0 bridgehead atoms. The van der Waals surface area contributed by atoms with Crippen LogP contribution in [0, 0.1) is 0 Å². The molecule has 34 heavy (non-hydrogen) atoms. The second kappa shape index (κ2) is 10.5. The minimum atomic E-state index is -0.378. The standard InChI is InChI=1S/C27H25N3O4/c1-34-22-6-4-5-21(17-22)29-27(33)23-7-2-3-8-24(23)30-25(31)16-11-18-9-12-19(13-10-18)26(32)28-20-14-15-20/h2-13,16-17,20H,14-15H2,1H3,(H,28,32)(H,29,33)(H,30,31)/b16-11+. The lowest BCUT2D eigenvalue weighted by Gasteiger charge is -2.11. The first-order valence-electron chi connectivity index (χ1n) is 11.0. The molecule has 0 aliphatic heterocycles. The third-order valence-corrected chi connectivity index (χ3v) is 5.27. The van der Waals surface area contributed by atoms with Crippen molar-refractivity contribution in [1.82, 2.24) is 5.32 Å². The summed E-state index contributed by atoms with van der Waals surface area (Å²) >= 11 is 0. The first-order valence-corrected chi connectivity index (χ1v) is 11.0. The van der Waals surface area contributed by atoms with Crippen molar-refractivity contribution in [2.45, 2.75) is 18.9 Å². The number of hydrogen-bond acceptors (Lipinski definition) is 4. The Hall–Kier alpha value is -4.39. The van der Waals surface area contributed by atoms with E-state index in [2.05, 4.69) is 16.0 Å². The molecule has 3 aromatic carbocycles. The summed E-state index contributed by atoms with van der Waals surface area (Å²) in [6.07, 6.45) is 5.10. The highest BCUT2D eigenvalue weighted by molar-refractivity contribution is 6.11. The highest BCUT2D eigenvalue weighted by Gasteiger charge is 2.23. The van der Waals surface area contributed by atoms with Gasteiger partial charge in [0.2, 0.25) is 5.91 Å². The van der Waals surface area contributed by atoms with Crippen LogP contribution in [0.25, 0.3) is 6.08 Å². The molecule has 0 spiro atoms. The van der Waals surface area contributed by atoms with E-state index in [-0.39, 0.29) is 17.7 Å². The molecule has 172 valence electrons. The number of carbonyl (C=O) groups excluding carboxylic acids is 3. The second-order valence-electron chi connectivity index (χ2n) is 7.92. The van der Waals surface area contributed by atoms with Gasteiger partial charge in [-0.2, -0.15) is 0 Å². The second-order valence-corrected chi connectivity index (χ2v) is 7.92. The number of carbonyl (C=O) groups is 3. The van der Waals surface area contributed by atoms with E-state index in [4.69, 9.17) is 4.74 Å². The normalized spacial score (nSPS) is 12.7. The van der Waals surface area contributed by atoms with Crippen LogP contribution in [0.2, 0.25) is 0 Å².